The van der Waals surface area contributed by atoms with Crippen LogP contribution in [0.2, 0.25) is 0 Å². The zero-order chi connectivity index (χ0) is 17.3. The molecule has 124 valence electrons. The molecule has 0 bridgehead atoms. The zero-order valence-corrected chi connectivity index (χ0v) is 14.1. The molecule has 2 aromatic rings. The van der Waals surface area contributed by atoms with Crippen molar-refractivity contribution < 1.29 is 9.84 Å². The van der Waals surface area contributed by atoms with Crippen LogP contribution in [0, 0.1) is 19.3 Å². The molecule has 1 aromatic carbocycles. The van der Waals surface area contributed by atoms with E-state index in [4.69, 9.17) is 11.2 Å². The van der Waals surface area contributed by atoms with Crippen LogP contribution in [0.3, 0.4) is 0 Å². The Morgan fingerprint density at radius 1 is 1.33 bits per heavy atom. The molecule has 1 aliphatic rings. The van der Waals surface area contributed by atoms with E-state index in [2.05, 4.69) is 28.4 Å². The molecule has 24 heavy (non-hydrogen) atoms. The van der Waals surface area contributed by atoms with Crippen LogP contribution < -0.4 is 5.32 Å². The fraction of sp³-hybridized carbons (Fsp3) is 0.368. The van der Waals surface area contributed by atoms with Crippen LogP contribution in [-0.2, 0) is 4.74 Å². The van der Waals surface area contributed by atoms with Crippen LogP contribution in [0.15, 0.2) is 24.3 Å². The van der Waals surface area contributed by atoms with E-state index in [1.54, 1.807) is 25.3 Å². The first-order chi connectivity index (χ1) is 11.4. The van der Waals surface area contributed by atoms with E-state index in [-0.39, 0.29) is 11.4 Å². The summed E-state index contributed by atoms with van der Waals surface area (Å²) in [4.78, 5) is 0. The number of phenolic OH excluding ortho intramolecular Hbond substituents is 1. The number of aromatic hydroxyl groups is 1. The fourth-order valence-electron chi connectivity index (χ4n) is 3.10. The van der Waals surface area contributed by atoms with Crippen molar-refractivity contribution in [2.75, 3.05) is 12.4 Å². The number of benzene rings is 1. The van der Waals surface area contributed by atoms with Gasteiger partial charge in [-0.05, 0) is 56.5 Å². The molecule has 3 rings (SSSR count). The van der Waals surface area contributed by atoms with E-state index in [1.807, 2.05) is 13.0 Å². The molecule has 1 fully saturated rings. The Morgan fingerprint density at radius 3 is 2.67 bits per heavy atom. The molecule has 0 aliphatic heterocycles. The standard InChI is InChI=1S/C19H21N3O2/c1-5-13-6-7-15(16(23)9-13)18-12(2)8-17(21-22-18)20-14-10-19(3,11-14)24-4/h1,6-9,14,23H,10-11H2,2-4H3,(H,20,21). The minimum Gasteiger partial charge on any atom is -0.507 e. The first-order valence-corrected chi connectivity index (χ1v) is 7.90. The molecule has 0 spiro atoms. The largest absolute Gasteiger partial charge is 0.507 e. The molecule has 0 unspecified atom stereocenters. The van der Waals surface area contributed by atoms with Gasteiger partial charge in [-0.15, -0.1) is 16.6 Å². The molecule has 5 nitrogen and oxygen atoms in total. The first-order valence-electron chi connectivity index (χ1n) is 7.90. The van der Waals surface area contributed by atoms with E-state index in [1.165, 1.54) is 0 Å². The number of nitrogens with zero attached hydrogens (tertiary/aromatic N) is 2. The highest BCUT2D eigenvalue weighted by Crippen LogP contribution is 2.37. The Bertz CT molecular complexity index is 805. The van der Waals surface area contributed by atoms with Crippen molar-refractivity contribution in [2.24, 2.45) is 0 Å². The Labute approximate surface area is 142 Å². The van der Waals surface area contributed by atoms with Crippen molar-refractivity contribution in [2.45, 2.75) is 38.3 Å². The minimum absolute atomic E-state index is 0.0371. The third kappa shape index (κ3) is 3.06. The zero-order valence-electron chi connectivity index (χ0n) is 14.1. The molecule has 0 radical (unpaired) electrons. The minimum atomic E-state index is -0.0371. The Morgan fingerprint density at radius 2 is 2.08 bits per heavy atom. The Kier molecular flexibility index (Phi) is 4.16. The van der Waals surface area contributed by atoms with Gasteiger partial charge in [-0.25, -0.2) is 0 Å². The number of aromatic nitrogens is 2. The van der Waals surface area contributed by atoms with Gasteiger partial charge in [0.05, 0.1) is 11.3 Å². The Balaban J connectivity index is 1.77. The SMILES string of the molecule is C#Cc1ccc(-c2nnc(NC3CC(C)(OC)C3)cc2C)c(O)c1. The predicted octanol–water partition coefficient (Wildman–Crippen LogP) is 3.12. The second kappa shape index (κ2) is 6.14. The molecule has 1 aliphatic carbocycles. The van der Waals surface area contributed by atoms with Crippen LogP contribution in [0.1, 0.15) is 30.9 Å². The molecule has 2 N–H and O–H groups in total. The van der Waals surface area contributed by atoms with Crippen LogP contribution >= 0.6 is 0 Å². The maximum atomic E-state index is 10.2. The van der Waals surface area contributed by atoms with Crippen molar-refractivity contribution >= 4 is 5.82 Å². The summed E-state index contributed by atoms with van der Waals surface area (Å²) in [5, 5.41) is 22.1. The number of hydrogen-bond acceptors (Lipinski definition) is 5. The fourth-order valence-corrected chi connectivity index (χ4v) is 3.10. The first kappa shape index (κ1) is 16.3. The maximum Gasteiger partial charge on any atom is 0.149 e. The average molecular weight is 323 g/mol. The van der Waals surface area contributed by atoms with Crippen molar-refractivity contribution in [3.05, 3.63) is 35.4 Å². The number of phenols is 1. The van der Waals surface area contributed by atoms with E-state index < -0.39 is 0 Å². The molecular formula is C19H21N3O2. The Hall–Kier alpha value is -2.58. The average Bonchev–Trinajstić information content (AvgIpc) is 2.54. The topological polar surface area (TPSA) is 67.3 Å². The normalized spacial score (nSPS) is 22.5. The lowest BCUT2D eigenvalue weighted by molar-refractivity contribution is -0.0625. The molecule has 1 aromatic heterocycles. The number of aryl methyl sites for hydroxylation is 1. The van der Waals surface area contributed by atoms with Crippen LogP contribution in [0.25, 0.3) is 11.3 Å². The van der Waals surface area contributed by atoms with E-state index in [0.29, 0.717) is 22.9 Å². The van der Waals surface area contributed by atoms with Gasteiger partial charge in [0.15, 0.2) is 0 Å². The number of ether oxygens (including phenoxy) is 1. The van der Waals surface area contributed by atoms with E-state index >= 15 is 0 Å². The molecular weight excluding hydrogens is 302 g/mol. The van der Waals surface area contributed by atoms with Gasteiger partial charge in [-0.2, -0.15) is 0 Å². The van der Waals surface area contributed by atoms with Gasteiger partial charge in [0.1, 0.15) is 11.6 Å². The van der Waals surface area contributed by atoms with Gasteiger partial charge < -0.3 is 15.2 Å². The van der Waals surface area contributed by atoms with Crippen molar-refractivity contribution in [3.8, 4) is 29.4 Å². The summed E-state index contributed by atoms with van der Waals surface area (Å²) in [6, 6.07) is 7.40. The summed E-state index contributed by atoms with van der Waals surface area (Å²) >= 11 is 0. The van der Waals surface area contributed by atoms with Crippen LogP contribution in [0.4, 0.5) is 5.82 Å². The summed E-state index contributed by atoms with van der Waals surface area (Å²) in [6.45, 7) is 4.05. The summed E-state index contributed by atoms with van der Waals surface area (Å²) in [5.41, 5.74) is 2.81. The molecule has 5 heteroatoms. The van der Waals surface area contributed by atoms with E-state index in [0.717, 1.165) is 24.2 Å². The molecule has 1 heterocycles. The summed E-state index contributed by atoms with van der Waals surface area (Å²) in [7, 11) is 1.74. The summed E-state index contributed by atoms with van der Waals surface area (Å²) in [6.07, 6.45) is 7.23. The smallest absolute Gasteiger partial charge is 0.149 e. The molecule has 0 saturated heterocycles. The third-order valence-corrected chi connectivity index (χ3v) is 4.61. The highest BCUT2D eigenvalue weighted by atomic mass is 16.5. The highest BCUT2D eigenvalue weighted by Gasteiger charge is 2.40. The third-order valence-electron chi connectivity index (χ3n) is 4.61. The van der Waals surface area contributed by atoms with Crippen LogP contribution in [0.5, 0.6) is 5.75 Å². The van der Waals surface area contributed by atoms with Gasteiger partial charge >= 0.3 is 0 Å². The highest BCUT2D eigenvalue weighted by molar-refractivity contribution is 5.71. The summed E-state index contributed by atoms with van der Waals surface area (Å²) in [5.74, 6) is 3.34. The monoisotopic (exact) mass is 323 g/mol. The number of rotatable bonds is 4. The van der Waals surface area contributed by atoms with E-state index in [9.17, 15) is 5.11 Å². The van der Waals surface area contributed by atoms with Gasteiger partial charge in [0, 0.05) is 24.3 Å². The van der Waals surface area contributed by atoms with Gasteiger partial charge in [0.2, 0.25) is 0 Å². The second-order valence-electron chi connectivity index (χ2n) is 6.54. The lowest BCUT2D eigenvalue weighted by Crippen LogP contribution is -2.49. The quantitative estimate of drug-likeness (QED) is 0.846. The van der Waals surface area contributed by atoms with Crippen molar-refractivity contribution in [3.63, 3.8) is 0 Å². The molecule has 1 saturated carbocycles. The van der Waals surface area contributed by atoms with Gasteiger partial charge in [-0.3, -0.25) is 0 Å². The second-order valence-corrected chi connectivity index (χ2v) is 6.54. The number of hydrogen-bond donors (Lipinski definition) is 2. The summed E-state index contributed by atoms with van der Waals surface area (Å²) < 4.78 is 5.46. The number of nitrogens with one attached hydrogen (secondary N) is 1. The van der Waals surface area contributed by atoms with Crippen molar-refractivity contribution in [1.82, 2.24) is 10.2 Å². The lowest BCUT2D eigenvalue weighted by atomic mass is 9.77. The maximum absolute atomic E-state index is 10.2. The van der Waals surface area contributed by atoms with Gasteiger partial charge in [0.25, 0.3) is 0 Å². The molecule has 0 amide bonds. The van der Waals surface area contributed by atoms with Gasteiger partial charge in [-0.1, -0.05) is 5.92 Å². The molecule has 0 atom stereocenters. The van der Waals surface area contributed by atoms with Crippen molar-refractivity contribution in [1.29, 1.82) is 0 Å². The number of methoxy groups -OCH3 is 1. The number of terminal acetylenes is 1. The number of anilines is 1. The predicted molar refractivity (Wildman–Crippen MR) is 93.9 cm³/mol. The van der Waals surface area contributed by atoms with Crippen LogP contribution in [-0.4, -0.2) is 34.1 Å². The lowest BCUT2D eigenvalue weighted by Gasteiger charge is -2.44.